The maximum Gasteiger partial charge on any atom is 0.307 e. The van der Waals surface area contributed by atoms with E-state index in [0.29, 0.717) is 6.42 Å². The van der Waals surface area contributed by atoms with Gasteiger partial charge in [0.15, 0.2) is 0 Å². The molecule has 15 heavy (non-hydrogen) atoms. The Morgan fingerprint density at radius 2 is 2.00 bits per heavy atom. The molecule has 0 aliphatic carbocycles. The highest BCUT2D eigenvalue weighted by Gasteiger charge is 2.27. The average molecular weight is 217 g/mol. The van der Waals surface area contributed by atoms with Gasteiger partial charge in [0.25, 0.3) is 0 Å². The molecular formula is C11H23NO3. The number of esters is 1. The number of rotatable bonds is 7. The fraction of sp³-hybridized carbons (Fsp3) is 0.909. The Kier molecular flexibility index (Phi) is 6.52. The third kappa shape index (κ3) is 4.62. The van der Waals surface area contributed by atoms with Crippen molar-refractivity contribution < 1.29 is 14.6 Å². The van der Waals surface area contributed by atoms with Crippen LogP contribution in [-0.2, 0) is 9.53 Å². The van der Waals surface area contributed by atoms with Crippen LogP contribution in [0.1, 0.15) is 40.0 Å². The highest BCUT2D eigenvalue weighted by atomic mass is 16.5. The SMILES string of the molecule is CCC(CC)(CO)NC(C)CC(=O)OC. The van der Waals surface area contributed by atoms with Crippen LogP contribution in [0, 0.1) is 0 Å². The van der Waals surface area contributed by atoms with Crippen molar-refractivity contribution in [2.24, 2.45) is 0 Å². The first kappa shape index (κ1) is 14.4. The third-order valence-corrected chi connectivity index (χ3v) is 2.91. The smallest absolute Gasteiger partial charge is 0.307 e. The second kappa shape index (κ2) is 6.80. The maximum absolute atomic E-state index is 11.0. The van der Waals surface area contributed by atoms with Gasteiger partial charge in [0, 0.05) is 11.6 Å². The summed E-state index contributed by atoms with van der Waals surface area (Å²) < 4.78 is 4.59. The lowest BCUT2D eigenvalue weighted by molar-refractivity contribution is -0.141. The van der Waals surface area contributed by atoms with E-state index in [0.717, 1.165) is 12.8 Å². The van der Waals surface area contributed by atoms with Crippen molar-refractivity contribution >= 4 is 5.97 Å². The molecule has 1 unspecified atom stereocenters. The van der Waals surface area contributed by atoms with E-state index in [9.17, 15) is 9.90 Å². The second-order valence-electron chi connectivity index (χ2n) is 3.97. The van der Waals surface area contributed by atoms with Crippen LogP contribution in [0.5, 0.6) is 0 Å². The number of ether oxygens (including phenoxy) is 1. The van der Waals surface area contributed by atoms with E-state index in [1.165, 1.54) is 7.11 Å². The number of carbonyl (C=O) groups is 1. The number of hydrogen-bond acceptors (Lipinski definition) is 4. The zero-order valence-corrected chi connectivity index (χ0v) is 10.2. The summed E-state index contributed by atoms with van der Waals surface area (Å²) in [4.78, 5) is 11.0. The normalized spacial score (nSPS) is 13.7. The van der Waals surface area contributed by atoms with Gasteiger partial charge in [-0.3, -0.25) is 4.79 Å². The summed E-state index contributed by atoms with van der Waals surface area (Å²) >= 11 is 0. The van der Waals surface area contributed by atoms with Crippen molar-refractivity contribution in [3.8, 4) is 0 Å². The predicted octanol–water partition coefficient (Wildman–Crippen LogP) is 1.08. The Morgan fingerprint density at radius 3 is 2.33 bits per heavy atom. The summed E-state index contributed by atoms with van der Waals surface area (Å²) in [6.07, 6.45) is 2.01. The van der Waals surface area contributed by atoms with Gasteiger partial charge in [0.05, 0.1) is 20.1 Å². The molecule has 0 bridgehead atoms. The molecule has 4 heteroatoms. The van der Waals surface area contributed by atoms with Crippen LogP contribution in [0.3, 0.4) is 0 Å². The van der Waals surface area contributed by atoms with Crippen LogP contribution in [0.2, 0.25) is 0 Å². The molecule has 2 N–H and O–H groups in total. The standard InChI is InChI=1S/C11H23NO3/c1-5-11(6-2,8-13)12-9(3)7-10(14)15-4/h9,12-13H,5-8H2,1-4H3. The van der Waals surface area contributed by atoms with Gasteiger partial charge in [-0.2, -0.15) is 0 Å². The Morgan fingerprint density at radius 1 is 1.47 bits per heavy atom. The van der Waals surface area contributed by atoms with E-state index in [1.54, 1.807) is 0 Å². The second-order valence-corrected chi connectivity index (χ2v) is 3.97. The van der Waals surface area contributed by atoms with Crippen LogP contribution >= 0.6 is 0 Å². The van der Waals surface area contributed by atoms with Crippen LogP contribution in [0.25, 0.3) is 0 Å². The van der Waals surface area contributed by atoms with E-state index in [2.05, 4.69) is 10.1 Å². The highest BCUT2D eigenvalue weighted by Crippen LogP contribution is 2.15. The monoisotopic (exact) mass is 217 g/mol. The molecule has 0 aromatic carbocycles. The van der Waals surface area contributed by atoms with E-state index >= 15 is 0 Å². The molecule has 0 radical (unpaired) electrons. The van der Waals surface area contributed by atoms with Crippen molar-refractivity contribution in [2.45, 2.75) is 51.6 Å². The molecule has 0 aromatic heterocycles. The van der Waals surface area contributed by atoms with Crippen molar-refractivity contribution in [3.63, 3.8) is 0 Å². The van der Waals surface area contributed by atoms with Gasteiger partial charge in [0.2, 0.25) is 0 Å². The minimum atomic E-state index is -0.270. The lowest BCUT2D eigenvalue weighted by Crippen LogP contribution is -2.52. The van der Waals surface area contributed by atoms with Crippen molar-refractivity contribution in [2.75, 3.05) is 13.7 Å². The zero-order valence-electron chi connectivity index (χ0n) is 10.2. The molecule has 0 fully saturated rings. The number of hydrogen-bond donors (Lipinski definition) is 2. The fourth-order valence-electron chi connectivity index (χ4n) is 1.63. The van der Waals surface area contributed by atoms with Gasteiger partial charge in [-0.05, 0) is 19.8 Å². The summed E-state index contributed by atoms with van der Waals surface area (Å²) in [7, 11) is 1.38. The van der Waals surface area contributed by atoms with Crippen LogP contribution in [-0.4, -0.2) is 36.4 Å². The number of aliphatic hydroxyl groups is 1. The molecule has 0 amide bonds. The molecule has 0 heterocycles. The molecule has 0 aromatic rings. The Balaban J connectivity index is 4.22. The molecule has 0 aliphatic heterocycles. The van der Waals surface area contributed by atoms with E-state index in [4.69, 9.17) is 0 Å². The fourth-order valence-corrected chi connectivity index (χ4v) is 1.63. The first-order valence-electron chi connectivity index (χ1n) is 5.49. The number of nitrogens with one attached hydrogen (secondary N) is 1. The zero-order chi connectivity index (χ0) is 11.9. The highest BCUT2D eigenvalue weighted by molar-refractivity contribution is 5.69. The molecule has 4 nitrogen and oxygen atoms in total. The van der Waals surface area contributed by atoms with E-state index in [1.807, 2.05) is 20.8 Å². The summed E-state index contributed by atoms with van der Waals surface area (Å²) in [5.41, 5.74) is -0.270. The summed E-state index contributed by atoms with van der Waals surface area (Å²) in [6.45, 7) is 6.06. The van der Waals surface area contributed by atoms with Crippen LogP contribution in [0.4, 0.5) is 0 Å². The number of methoxy groups -OCH3 is 1. The van der Waals surface area contributed by atoms with Gasteiger partial charge in [-0.15, -0.1) is 0 Å². The van der Waals surface area contributed by atoms with Gasteiger partial charge in [-0.1, -0.05) is 13.8 Å². The van der Waals surface area contributed by atoms with E-state index in [-0.39, 0.29) is 24.2 Å². The first-order chi connectivity index (χ1) is 7.03. The van der Waals surface area contributed by atoms with Gasteiger partial charge in [0.1, 0.15) is 0 Å². The lowest BCUT2D eigenvalue weighted by Gasteiger charge is -2.33. The largest absolute Gasteiger partial charge is 0.469 e. The Bertz CT molecular complexity index is 182. The number of aliphatic hydroxyl groups excluding tert-OH is 1. The molecule has 0 aliphatic rings. The Labute approximate surface area is 92.0 Å². The van der Waals surface area contributed by atoms with Crippen LogP contribution < -0.4 is 5.32 Å². The van der Waals surface area contributed by atoms with Crippen molar-refractivity contribution in [3.05, 3.63) is 0 Å². The lowest BCUT2D eigenvalue weighted by atomic mass is 9.92. The van der Waals surface area contributed by atoms with Gasteiger partial charge in [-0.25, -0.2) is 0 Å². The summed E-state index contributed by atoms with van der Waals surface area (Å²) in [6, 6.07) is 0.0181. The van der Waals surface area contributed by atoms with E-state index < -0.39 is 0 Å². The van der Waals surface area contributed by atoms with Crippen molar-refractivity contribution in [1.82, 2.24) is 5.32 Å². The summed E-state index contributed by atoms with van der Waals surface area (Å²) in [5, 5.41) is 12.6. The van der Waals surface area contributed by atoms with Gasteiger partial charge < -0.3 is 15.2 Å². The predicted molar refractivity (Wildman–Crippen MR) is 59.6 cm³/mol. The first-order valence-corrected chi connectivity index (χ1v) is 5.49. The molecular weight excluding hydrogens is 194 g/mol. The van der Waals surface area contributed by atoms with Crippen molar-refractivity contribution in [1.29, 1.82) is 0 Å². The molecule has 0 saturated heterocycles. The minimum absolute atomic E-state index is 0.0181. The van der Waals surface area contributed by atoms with Crippen LogP contribution in [0.15, 0.2) is 0 Å². The minimum Gasteiger partial charge on any atom is -0.469 e. The third-order valence-electron chi connectivity index (χ3n) is 2.91. The topological polar surface area (TPSA) is 58.6 Å². The quantitative estimate of drug-likeness (QED) is 0.626. The number of carbonyl (C=O) groups excluding carboxylic acids is 1. The summed E-state index contributed by atoms with van der Waals surface area (Å²) in [5.74, 6) is -0.228. The Hall–Kier alpha value is -0.610. The molecule has 1 atom stereocenters. The molecule has 90 valence electrons. The average Bonchev–Trinajstić information content (AvgIpc) is 2.26. The molecule has 0 saturated carbocycles. The maximum atomic E-state index is 11.0. The molecule has 0 rings (SSSR count). The van der Waals surface area contributed by atoms with Gasteiger partial charge >= 0.3 is 5.97 Å². The molecule has 0 spiro atoms.